The predicted octanol–water partition coefficient (Wildman–Crippen LogP) is 3.04. The molecule has 3 heteroatoms. The molecule has 0 atom stereocenters. The maximum Gasteiger partial charge on any atom is 0.154 e. The number of rotatable bonds is 1. The predicted molar refractivity (Wildman–Crippen MR) is 68.3 cm³/mol. The third-order valence-electron chi connectivity index (χ3n) is 2.96. The van der Waals surface area contributed by atoms with E-state index in [2.05, 4.69) is 29.1 Å². The van der Waals surface area contributed by atoms with Crippen LogP contribution in [0.1, 0.15) is 11.3 Å². The summed E-state index contributed by atoms with van der Waals surface area (Å²) in [4.78, 5) is 4.64. The van der Waals surface area contributed by atoms with Crippen molar-refractivity contribution in [2.24, 2.45) is 0 Å². The van der Waals surface area contributed by atoms with Gasteiger partial charge in [0.2, 0.25) is 0 Å². The molecular formula is C14H13N3. The first-order chi connectivity index (χ1) is 8.25. The molecule has 0 unspecified atom stereocenters. The second-order valence-corrected chi connectivity index (χ2v) is 4.20. The Balaban J connectivity index is 2.29. The van der Waals surface area contributed by atoms with Crippen LogP contribution in [0.4, 0.5) is 0 Å². The minimum absolute atomic E-state index is 0.878. The molecule has 3 nitrogen and oxygen atoms in total. The Hall–Kier alpha value is -2.16. The number of aromatic nitrogens is 3. The molecule has 0 saturated carbocycles. The Bertz CT molecular complexity index is 683. The number of hydrogen-bond acceptors (Lipinski definition) is 2. The summed E-state index contributed by atoms with van der Waals surface area (Å²) in [7, 11) is 0. The van der Waals surface area contributed by atoms with Crippen molar-refractivity contribution in [3.8, 4) is 5.82 Å². The summed E-state index contributed by atoms with van der Waals surface area (Å²) in [6.45, 7) is 4.13. The van der Waals surface area contributed by atoms with Crippen LogP contribution in [0, 0.1) is 13.8 Å². The van der Waals surface area contributed by atoms with Crippen LogP contribution in [-0.2, 0) is 0 Å². The molecule has 2 aromatic heterocycles. The fourth-order valence-electron chi connectivity index (χ4n) is 2.05. The van der Waals surface area contributed by atoms with E-state index in [1.54, 1.807) is 6.20 Å². The lowest BCUT2D eigenvalue weighted by Gasteiger charge is -2.07. The largest absolute Gasteiger partial charge is 0.229 e. The SMILES string of the molecule is Cc1cc(-n2nccc2C)nc2ccccc12. The average molecular weight is 223 g/mol. The molecule has 0 aliphatic heterocycles. The topological polar surface area (TPSA) is 30.7 Å². The first-order valence-electron chi connectivity index (χ1n) is 5.63. The van der Waals surface area contributed by atoms with Crippen molar-refractivity contribution >= 4 is 10.9 Å². The van der Waals surface area contributed by atoms with Crippen LogP contribution < -0.4 is 0 Å². The van der Waals surface area contributed by atoms with Gasteiger partial charge in [-0.25, -0.2) is 9.67 Å². The maximum atomic E-state index is 4.64. The number of hydrogen-bond donors (Lipinski definition) is 0. The molecule has 0 aliphatic rings. The molecule has 2 heterocycles. The molecule has 0 spiro atoms. The van der Waals surface area contributed by atoms with E-state index in [0.29, 0.717) is 0 Å². The number of para-hydroxylation sites is 1. The molecular weight excluding hydrogens is 210 g/mol. The van der Waals surface area contributed by atoms with Gasteiger partial charge in [-0.3, -0.25) is 0 Å². The summed E-state index contributed by atoms with van der Waals surface area (Å²) in [6.07, 6.45) is 1.79. The van der Waals surface area contributed by atoms with E-state index in [1.807, 2.05) is 35.9 Å². The Kier molecular flexibility index (Phi) is 2.18. The molecule has 0 fully saturated rings. The fraction of sp³-hybridized carbons (Fsp3) is 0.143. The van der Waals surface area contributed by atoms with Gasteiger partial charge >= 0.3 is 0 Å². The summed E-state index contributed by atoms with van der Waals surface area (Å²) in [5.41, 5.74) is 3.32. The number of pyridine rings is 1. The van der Waals surface area contributed by atoms with E-state index >= 15 is 0 Å². The zero-order chi connectivity index (χ0) is 11.8. The lowest BCUT2D eigenvalue weighted by molar-refractivity contribution is 0.821. The van der Waals surface area contributed by atoms with Gasteiger partial charge in [0.05, 0.1) is 5.52 Å². The quantitative estimate of drug-likeness (QED) is 0.634. The van der Waals surface area contributed by atoms with Crippen LogP contribution in [0.3, 0.4) is 0 Å². The van der Waals surface area contributed by atoms with Crippen molar-refractivity contribution in [2.75, 3.05) is 0 Å². The Morgan fingerprint density at radius 3 is 2.65 bits per heavy atom. The van der Waals surface area contributed by atoms with Crippen LogP contribution in [0.5, 0.6) is 0 Å². The molecule has 0 N–H and O–H groups in total. The van der Waals surface area contributed by atoms with Crippen LogP contribution in [-0.4, -0.2) is 14.8 Å². The Morgan fingerprint density at radius 1 is 1.06 bits per heavy atom. The summed E-state index contributed by atoms with van der Waals surface area (Å²) < 4.78 is 1.86. The van der Waals surface area contributed by atoms with Gasteiger partial charge < -0.3 is 0 Å². The van der Waals surface area contributed by atoms with Crippen LogP contribution >= 0.6 is 0 Å². The minimum atomic E-state index is 0.878. The standard InChI is InChI=1S/C14H13N3/c1-10-9-14(17-11(2)7-8-15-17)16-13-6-4-3-5-12(10)13/h3-9H,1-2H3. The molecule has 3 rings (SSSR count). The van der Waals surface area contributed by atoms with Crippen molar-refractivity contribution < 1.29 is 0 Å². The van der Waals surface area contributed by atoms with Gasteiger partial charge in [-0.05, 0) is 37.6 Å². The number of aryl methyl sites for hydroxylation is 2. The summed E-state index contributed by atoms with van der Waals surface area (Å²) >= 11 is 0. The molecule has 0 radical (unpaired) electrons. The zero-order valence-corrected chi connectivity index (χ0v) is 9.88. The van der Waals surface area contributed by atoms with E-state index in [0.717, 1.165) is 17.0 Å². The van der Waals surface area contributed by atoms with Crippen LogP contribution in [0.2, 0.25) is 0 Å². The zero-order valence-electron chi connectivity index (χ0n) is 9.88. The van der Waals surface area contributed by atoms with Crippen molar-refractivity contribution in [3.63, 3.8) is 0 Å². The molecule has 0 aliphatic carbocycles. The van der Waals surface area contributed by atoms with E-state index in [1.165, 1.54) is 10.9 Å². The Labute approximate surface area is 99.7 Å². The summed E-state index contributed by atoms with van der Waals surface area (Å²) in [6, 6.07) is 12.2. The normalized spacial score (nSPS) is 10.9. The summed E-state index contributed by atoms with van der Waals surface area (Å²) in [5, 5.41) is 5.48. The molecule has 84 valence electrons. The average Bonchev–Trinajstić information content (AvgIpc) is 2.75. The lowest BCUT2D eigenvalue weighted by atomic mass is 10.1. The third kappa shape index (κ3) is 1.60. The maximum absolute atomic E-state index is 4.64. The minimum Gasteiger partial charge on any atom is -0.229 e. The first-order valence-corrected chi connectivity index (χ1v) is 5.63. The van der Waals surface area contributed by atoms with Gasteiger partial charge in [0.15, 0.2) is 5.82 Å². The molecule has 0 bridgehead atoms. The highest BCUT2D eigenvalue weighted by atomic mass is 15.3. The van der Waals surface area contributed by atoms with Crippen molar-refractivity contribution in [1.82, 2.24) is 14.8 Å². The van der Waals surface area contributed by atoms with E-state index < -0.39 is 0 Å². The van der Waals surface area contributed by atoms with Crippen molar-refractivity contribution in [1.29, 1.82) is 0 Å². The third-order valence-corrected chi connectivity index (χ3v) is 2.96. The van der Waals surface area contributed by atoms with E-state index in [9.17, 15) is 0 Å². The fourth-order valence-corrected chi connectivity index (χ4v) is 2.05. The van der Waals surface area contributed by atoms with E-state index in [-0.39, 0.29) is 0 Å². The molecule has 17 heavy (non-hydrogen) atoms. The van der Waals surface area contributed by atoms with Gasteiger partial charge in [0.25, 0.3) is 0 Å². The van der Waals surface area contributed by atoms with Gasteiger partial charge in [-0.2, -0.15) is 5.10 Å². The number of benzene rings is 1. The highest BCUT2D eigenvalue weighted by Crippen LogP contribution is 2.19. The van der Waals surface area contributed by atoms with Crippen LogP contribution in [0.15, 0.2) is 42.6 Å². The second-order valence-electron chi connectivity index (χ2n) is 4.20. The molecule has 0 saturated heterocycles. The van der Waals surface area contributed by atoms with Crippen molar-refractivity contribution in [3.05, 3.63) is 53.9 Å². The van der Waals surface area contributed by atoms with E-state index in [4.69, 9.17) is 0 Å². The molecule has 1 aromatic carbocycles. The molecule has 0 amide bonds. The summed E-state index contributed by atoms with van der Waals surface area (Å²) in [5.74, 6) is 0.878. The van der Waals surface area contributed by atoms with Crippen molar-refractivity contribution in [2.45, 2.75) is 13.8 Å². The van der Waals surface area contributed by atoms with Gasteiger partial charge in [-0.15, -0.1) is 0 Å². The number of fused-ring (bicyclic) bond motifs is 1. The second kappa shape index (κ2) is 3.70. The van der Waals surface area contributed by atoms with Crippen LogP contribution in [0.25, 0.3) is 16.7 Å². The van der Waals surface area contributed by atoms with Gasteiger partial charge in [0.1, 0.15) is 0 Å². The monoisotopic (exact) mass is 223 g/mol. The number of nitrogens with zero attached hydrogens (tertiary/aromatic N) is 3. The smallest absolute Gasteiger partial charge is 0.154 e. The molecule has 3 aromatic rings. The van der Waals surface area contributed by atoms with Gasteiger partial charge in [-0.1, -0.05) is 18.2 Å². The highest BCUT2D eigenvalue weighted by Gasteiger charge is 2.05. The highest BCUT2D eigenvalue weighted by molar-refractivity contribution is 5.82. The Morgan fingerprint density at radius 2 is 1.88 bits per heavy atom. The lowest BCUT2D eigenvalue weighted by Crippen LogP contribution is -2.02. The van der Waals surface area contributed by atoms with Gasteiger partial charge in [0, 0.05) is 17.3 Å². The first kappa shape index (κ1) is 10.0.